The fraction of sp³-hybridized carbons (Fsp3) is 0.389. The summed E-state index contributed by atoms with van der Waals surface area (Å²) in [6.07, 6.45) is 0.883. The van der Waals surface area contributed by atoms with E-state index in [1.165, 1.54) is 5.56 Å². The summed E-state index contributed by atoms with van der Waals surface area (Å²) in [6.45, 7) is 11.9. The summed E-state index contributed by atoms with van der Waals surface area (Å²) < 4.78 is 6.26. The Morgan fingerprint density at radius 2 is 1.67 bits per heavy atom. The minimum atomic E-state index is -1.72. The maximum atomic E-state index is 10.8. The van der Waals surface area contributed by atoms with Crippen molar-refractivity contribution in [1.29, 1.82) is 0 Å². The Balaban J connectivity index is 2.19. The van der Waals surface area contributed by atoms with E-state index in [-0.39, 0.29) is 5.04 Å². The molecule has 0 aliphatic carbocycles. The number of fused-ring (bicyclic) bond motifs is 1. The molecule has 0 radical (unpaired) electrons. The number of hydrogen-bond donors (Lipinski definition) is 0. The third-order valence-electron chi connectivity index (χ3n) is 4.47. The third-order valence-corrected chi connectivity index (χ3v) is 8.95. The summed E-state index contributed by atoms with van der Waals surface area (Å²) in [6, 6.07) is 12.1. The highest BCUT2D eigenvalue weighted by atomic mass is 28.4. The molecule has 0 bridgehead atoms. The van der Waals surface area contributed by atoms with Crippen LogP contribution < -0.4 is 0 Å². The molecule has 2 aromatic carbocycles. The molecule has 21 heavy (non-hydrogen) atoms. The average molecular weight is 300 g/mol. The predicted octanol–water partition coefficient (Wildman–Crippen LogP) is 5.17. The highest BCUT2D eigenvalue weighted by molar-refractivity contribution is 6.74. The summed E-state index contributed by atoms with van der Waals surface area (Å²) in [7, 11) is -1.72. The maximum absolute atomic E-state index is 10.8. The topological polar surface area (TPSA) is 26.3 Å². The maximum Gasteiger partial charge on any atom is 0.192 e. The fourth-order valence-corrected chi connectivity index (χ4v) is 2.92. The first-order valence-corrected chi connectivity index (χ1v) is 10.3. The van der Waals surface area contributed by atoms with Crippen molar-refractivity contribution in [2.75, 3.05) is 0 Å². The number of rotatable bonds is 4. The van der Waals surface area contributed by atoms with E-state index < -0.39 is 8.32 Å². The van der Waals surface area contributed by atoms with Gasteiger partial charge >= 0.3 is 0 Å². The van der Waals surface area contributed by atoms with E-state index in [1.807, 2.05) is 18.2 Å². The van der Waals surface area contributed by atoms with E-state index in [1.54, 1.807) is 0 Å². The quantitative estimate of drug-likeness (QED) is 0.575. The van der Waals surface area contributed by atoms with Crippen molar-refractivity contribution in [3.63, 3.8) is 0 Å². The van der Waals surface area contributed by atoms with Gasteiger partial charge in [0.15, 0.2) is 8.32 Å². The minimum absolute atomic E-state index is 0.225. The zero-order valence-electron chi connectivity index (χ0n) is 13.6. The summed E-state index contributed by atoms with van der Waals surface area (Å²) in [5.41, 5.74) is 1.90. The Morgan fingerprint density at radius 1 is 1.05 bits per heavy atom. The van der Waals surface area contributed by atoms with Gasteiger partial charge in [-0.1, -0.05) is 45.0 Å². The first-order valence-electron chi connectivity index (χ1n) is 7.35. The van der Waals surface area contributed by atoms with E-state index >= 15 is 0 Å². The standard InChI is InChI=1S/C18H24O2Si/c1-18(2,3)21(4,5)20-13-15-7-9-16-10-14(12-19)6-8-17(16)11-15/h6-12H,13H2,1-5H3. The lowest BCUT2D eigenvalue weighted by molar-refractivity contribution is 0.112. The molecule has 0 saturated heterocycles. The lowest BCUT2D eigenvalue weighted by atomic mass is 10.1. The Kier molecular flexibility index (Phi) is 4.35. The van der Waals surface area contributed by atoms with Crippen molar-refractivity contribution in [2.24, 2.45) is 0 Å². The van der Waals surface area contributed by atoms with Crippen LogP contribution in [0, 0.1) is 0 Å². The smallest absolute Gasteiger partial charge is 0.192 e. The molecule has 0 aromatic heterocycles. The van der Waals surface area contributed by atoms with Crippen molar-refractivity contribution in [3.8, 4) is 0 Å². The first-order chi connectivity index (χ1) is 9.73. The summed E-state index contributed by atoms with van der Waals surface area (Å²) in [5.74, 6) is 0. The molecule has 0 fully saturated rings. The molecule has 112 valence electrons. The molecule has 0 spiro atoms. The third kappa shape index (κ3) is 3.60. The van der Waals surface area contributed by atoms with Crippen LogP contribution in [0.4, 0.5) is 0 Å². The second-order valence-corrected chi connectivity index (χ2v) is 11.9. The fourth-order valence-electron chi connectivity index (χ4n) is 1.96. The van der Waals surface area contributed by atoms with Gasteiger partial charge in [-0.15, -0.1) is 0 Å². The monoisotopic (exact) mass is 300 g/mol. The van der Waals surface area contributed by atoms with E-state index in [0.717, 1.165) is 17.1 Å². The molecule has 0 heterocycles. The van der Waals surface area contributed by atoms with Gasteiger partial charge < -0.3 is 4.43 Å². The molecule has 0 unspecified atom stereocenters. The second-order valence-electron chi connectivity index (χ2n) is 7.11. The van der Waals surface area contributed by atoms with Crippen LogP contribution in [0.5, 0.6) is 0 Å². The molecule has 2 nitrogen and oxygen atoms in total. The summed E-state index contributed by atoms with van der Waals surface area (Å²) in [4.78, 5) is 10.8. The van der Waals surface area contributed by atoms with Gasteiger partial charge in [0.05, 0.1) is 6.61 Å². The van der Waals surface area contributed by atoms with Crippen LogP contribution in [-0.2, 0) is 11.0 Å². The van der Waals surface area contributed by atoms with Gasteiger partial charge in [-0.2, -0.15) is 0 Å². The Morgan fingerprint density at radius 3 is 2.29 bits per heavy atom. The molecule has 2 aromatic rings. The van der Waals surface area contributed by atoms with Crippen LogP contribution in [0.25, 0.3) is 10.8 Å². The first kappa shape index (κ1) is 15.9. The zero-order valence-corrected chi connectivity index (χ0v) is 14.6. The van der Waals surface area contributed by atoms with Crippen LogP contribution in [0.15, 0.2) is 36.4 Å². The number of carbonyl (C=O) groups is 1. The van der Waals surface area contributed by atoms with Gasteiger partial charge in [0.1, 0.15) is 6.29 Å². The van der Waals surface area contributed by atoms with Gasteiger partial charge in [0, 0.05) is 5.56 Å². The zero-order chi connectivity index (χ0) is 15.7. The largest absolute Gasteiger partial charge is 0.413 e. The van der Waals surface area contributed by atoms with Crippen molar-refractivity contribution < 1.29 is 9.22 Å². The molecule has 0 atom stereocenters. The summed E-state index contributed by atoms with van der Waals surface area (Å²) >= 11 is 0. The van der Waals surface area contributed by atoms with Gasteiger partial charge in [0.25, 0.3) is 0 Å². The predicted molar refractivity (Wildman–Crippen MR) is 91.3 cm³/mol. The van der Waals surface area contributed by atoms with Gasteiger partial charge in [-0.25, -0.2) is 0 Å². The van der Waals surface area contributed by atoms with Crippen molar-refractivity contribution in [3.05, 3.63) is 47.5 Å². The Bertz CT molecular complexity index is 654. The van der Waals surface area contributed by atoms with Gasteiger partial charge in [0.2, 0.25) is 0 Å². The normalized spacial score (nSPS) is 12.6. The molecule has 2 rings (SSSR count). The van der Waals surface area contributed by atoms with E-state index in [2.05, 4.69) is 52.1 Å². The van der Waals surface area contributed by atoms with Crippen LogP contribution >= 0.6 is 0 Å². The highest BCUT2D eigenvalue weighted by Crippen LogP contribution is 2.37. The van der Waals surface area contributed by atoms with E-state index in [4.69, 9.17) is 4.43 Å². The SMILES string of the molecule is CC(C)(C)[Si](C)(C)OCc1ccc2cc(C=O)ccc2c1. The summed E-state index contributed by atoms with van der Waals surface area (Å²) in [5, 5.41) is 2.47. The average Bonchev–Trinajstić information content (AvgIpc) is 2.43. The number of aldehydes is 1. The molecule has 3 heteroatoms. The van der Waals surface area contributed by atoms with Gasteiger partial charge in [-0.3, -0.25) is 4.79 Å². The lowest BCUT2D eigenvalue weighted by Crippen LogP contribution is -2.40. The Hall–Kier alpha value is -1.45. The molecule has 0 saturated carbocycles. The number of hydrogen-bond acceptors (Lipinski definition) is 2. The lowest BCUT2D eigenvalue weighted by Gasteiger charge is -2.36. The van der Waals surface area contributed by atoms with Crippen LogP contribution in [0.1, 0.15) is 36.7 Å². The van der Waals surface area contributed by atoms with Crippen molar-refractivity contribution in [1.82, 2.24) is 0 Å². The number of benzene rings is 2. The molecule has 0 aliphatic heterocycles. The molecule has 0 N–H and O–H groups in total. The van der Waals surface area contributed by atoms with Gasteiger partial charge in [-0.05, 0) is 46.6 Å². The molecular formula is C18H24O2Si. The molecule has 0 aliphatic rings. The minimum Gasteiger partial charge on any atom is -0.413 e. The Labute approximate surface area is 128 Å². The van der Waals surface area contributed by atoms with Crippen LogP contribution in [0.3, 0.4) is 0 Å². The van der Waals surface area contributed by atoms with Crippen LogP contribution in [0.2, 0.25) is 18.1 Å². The van der Waals surface area contributed by atoms with Crippen molar-refractivity contribution in [2.45, 2.75) is 45.5 Å². The molecular weight excluding hydrogens is 276 g/mol. The highest BCUT2D eigenvalue weighted by Gasteiger charge is 2.36. The van der Waals surface area contributed by atoms with Crippen LogP contribution in [-0.4, -0.2) is 14.6 Å². The van der Waals surface area contributed by atoms with E-state index in [9.17, 15) is 4.79 Å². The van der Waals surface area contributed by atoms with E-state index in [0.29, 0.717) is 12.2 Å². The molecule has 0 amide bonds. The van der Waals surface area contributed by atoms with Crippen molar-refractivity contribution >= 4 is 25.4 Å². The number of carbonyl (C=O) groups excluding carboxylic acids is 1. The second kappa shape index (κ2) is 5.74.